The van der Waals surface area contributed by atoms with Crippen LogP contribution >= 0.6 is 11.6 Å². The maximum absolute atomic E-state index is 12.5. The Hall–Kier alpha value is -1.47. The van der Waals surface area contributed by atoms with Gasteiger partial charge in [0.2, 0.25) is 0 Å². The van der Waals surface area contributed by atoms with Gasteiger partial charge in [-0.2, -0.15) is 0 Å². The molecule has 0 radical (unpaired) electrons. The average molecular weight is 334 g/mol. The molecule has 0 unspecified atom stereocenters. The van der Waals surface area contributed by atoms with E-state index in [0.29, 0.717) is 27.6 Å². The molecular weight excluding hydrogens is 318 g/mol. The molecule has 21 heavy (non-hydrogen) atoms. The monoisotopic (exact) mass is 333 g/mol. The summed E-state index contributed by atoms with van der Waals surface area (Å²) in [4.78, 5) is 12.3. The summed E-state index contributed by atoms with van der Waals surface area (Å²) in [5.41, 5.74) is 1.19. The number of amides is 1. The second kappa shape index (κ2) is 5.38. The standard InChI is InChI=1S/C13H16ClNO5S/c1-5-8-9-12(11(20-4)7(2)10(8)19-3)21(17,18)15(6-14)13(9)16/h5-6H2,1-4H3. The van der Waals surface area contributed by atoms with Crippen LogP contribution in [0.5, 0.6) is 11.5 Å². The van der Waals surface area contributed by atoms with Gasteiger partial charge in [-0.15, -0.1) is 11.6 Å². The van der Waals surface area contributed by atoms with Gasteiger partial charge in [0.1, 0.15) is 22.4 Å². The first-order valence-corrected chi connectivity index (χ1v) is 8.24. The smallest absolute Gasteiger partial charge is 0.272 e. The molecule has 1 aromatic rings. The van der Waals surface area contributed by atoms with Gasteiger partial charge >= 0.3 is 0 Å². The highest BCUT2D eigenvalue weighted by Crippen LogP contribution is 2.46. The molecular formula is C13H16ClNO5S. The minimum absolute atomic E-state index is 0.0949. The first-order valence-electron chi connectivity index (χ1n) is 6.27. The van der Waals surface area contributed by atoms with Gasteiger partial charge in [-0.1, -0.05) is 6.92 Å². The molecule has 0 saturated carbocycles. The van der Waals surface area contributed by atoms with E-state index in [0.717, 1.165) is 0 Å². The number of rotatable bonds is 4. The number of carbonyl (C=O) groups is 1. The van der Waals surface area contributed by atoms with Crippen LogP contribution in [0.1, 0.15) is 28.4 Å². The van der Waals surface area contributed by atoms with Crippen molar-refractivity contribution >= 4 is 27.5 Å². The van der Waals surface area contributed by atoms with Gasteiger partial charge in [-0.05, 0) is 13.3 Å². The van der Waals surface area contributed by atoms with Crippen LogP contribution in [0.2, 0.25) is 0 Å². The third-order valence-corrected chi connectivity index (χ3v) is 5.71. The van der Waals surface area contributed by atoms with Crippen LogP contribution in [0.25, 0.3) is 0 Å². The lowest BCUT2D eigenvalue weighted by molar-refractivity contribution is 0.0884. The summed E-state index contributed by atoms with van der Waals surface area (Å²) in [6.45, 7) is 3.52. The Labute approximate surface area is 128 Å². The molecule has 0 atom stereocenters. The normalized spacial score (nSPS) is 16.0. The van der Waals surface area contributed by atoms with Crippen molar-refractivity contribution in [2.24, 2.45) is 0 Å². The highest BCUT2D eigenvalue weighted by molar-refractivity contribution is 7.90. The summed E-state index contributed by atoms with van der Waals surface area (Å²) < 4.78 is 36.3. The molecule has 8 heteroatoms. The molecule has 1 amide bonds. The van der Waals surface area contributed by atoms with Crippen molar-refractivity contribution in [3.8, 4) is 11.5 Å². The summed E-state index contributed by atoms with van der Waals surface area (Å²) in [7, 11) is -1.17. The minimum atomic E-state index is -4.00. The van der Waals surface area contributed by atoms with Crippen LogP contribution in [-0.2, 0) is 16.4 Å². The van der Waals surface area contributed by atoms with Crippen molar-refractivity contribution in [2.45, 2.75) is 25.2 Å². The number of halogens is 1. The Bertz CT molecular complexity index is 714. The Balaban J connectivity index is 3.00. The molecule has 0 spiro atoms. The molecule has 1 aliphatic rings. The predicted octanol–water partition coefficient (Wildman–Crippen LogP) is 1.92. The molecule has 0 fully saturated rings. The molecule has 6 nitrogen and oxygen atoms in total. The van der Waals surface area contributed by atoms with E-state index >= 15 is 0 Å². The lowest BCUT2D eigenvalue weighted by Gasteiger charge is -2.17. The van der Waals surface area contributed by atoms with Gasteiger partial charge in [0.25, 0.3) is 15.9 Å². The fourth-order valence-electron chi connectivity index (χ4n) is 2.66. The number of benzene rings is 1. The van der Waals surface area contributed by atoms with Gasteiger partial charge in [0.15, 0.2) is 0 Å². The van der Waals surface area contributed by atoms with Crippen molar-refractivity contribution < 1.29 is 22.7 Å². The fourth-order valence-corrected chi connectivity index (χ4v) is 4.75. The van der Waals surface area contributed by atoms with Crippen molar-refractivity contribution in [3.05, 3.63) is 16.7 Å². The van der Waals surface area contributed by atoms with Crippen LogP contribution in [-0.4, -0.2) is 38.9 Å². The van der Waals surface area contributed by atoms with Crippen molar-refractivity contribution in [1.29, 1.82) is 0 Å². The Morgan fingerprint density at radius 1 is 1.19 bits per heavy atom. The number of fused-ring (bicyclic) bond motifs is 1. The molecule has 0 saturated heterocycles. The van der Waals surface area contributed by atoms with E-state index in [9.17, 15) is 13.2 Å². The fraction of sp³-hybridized carbons (Fsp3) is 0.462. The molecule has 1 aromatic carbocycles. The number of alkyl halides is 1. The number of hydrogen-bond donors (Lipinski definition) is 0. The van der Waals surface area contributed by atoms with Crippen molar-refractivity contribution in [1.82, 2.24) is 4.31 Å². The summed E-state index contributed by atoms with van der Waals surface area (Å²) in [6, 6.07) is -0.441. The minimum Gasteiger partial charge on any atom is -0.496 e. The Morgan fingerprint density at radius 3 is 2.19 bits per heavy atom. The van der Waals surface area contributed by atoms with Gasteiger partial charge in [-0.3, -0.25) is 4.79 Å². The second-order valence-electron chi connectivity index (χ2n) is 4.51. The van der Waals surface area contributed by atoms with E-state index in [1.165, 1.54) is 14.2 Å². The second-order valence-corrected chi connectivity index (χ2v) is 6.54. The highest BCUT2D eigenvalue weighted by Gasteiger charge is 2.46. The number of hydrogen-bond acceptors (Lipinski definition) is 5. The zero-order valence-electron chi connectivity index (χ0n) is 12.2. The molecule has 0 bridgehead atoms. The van der Waals surface area contributed by atoms with Crippen molar-refractivity contribution in [3.63, 3.8) is 0 Å². The van der Waals surface area contributed by atoms with E-state index in [1.54, 1.807) is 6.92 Å². The van der Waals surface area contributed by atoms with Gasteiger partial charge < -0.3 is 9.47 Å². The molecule has 116 valence electrons. The zero-order valence-corrected chi connectivity index (χ0v) is 13.8. The van der Waals surface area contributed by atoms with Crippen LogP contribution in [0.15, 0.2) is 4.90 Å². The van der Waals surface area contributed by atoms with E-state index in [1.807, 2.05) is 6.92 Å². The summed E-state index contributed by atoms with van der Waals surface area (Å²) in [5, 5.41) is 0. The van der Waals surface area contributed by atoms with Gasteiger partial charge in [-0.25, -0.2) is 12.7 Å². The number of nitrogens with zero attached hydrogens (tertiary/aromatic N) is 1. The molecule has 0 aliphatic carbocycles. The molecule has 0 N–H and O–H groups in total. The molecule has 0 aromatic heterocycles. The number of carbonyl (C=O) groups excluding carboxylic acids is 1. The van der Waals surface area contributed by atoms with Gasteiger partial charge in [0, 0.05) is 11.1 Å². The quantitative estimate of drug-likeness (QED) is 0.621. The average Bonchev–Trinajstić information content (AvgIpc) is 2.64. The number of ether oxygens (including phenoxy) is 2. The highest BCUT2D eigenvalue weighted by atomic mass is 35.5. The third kappa shape index (κ3) is 1.98. The molecule has 1 aliphatic heterocycles. The summed E-state index contributed by atoms with van der Waals surface area (Å²) in [5.74, 6) is -0.0541. The molecule has 1 heterocycles. The SMILES string of the molecule is CCc1c(OC)c(C)c(OC)c2c1C(=O)N(CCl)S2(=O)=O. The zero-order chi connectivity index (χ0) is 15.9. The largest absolute Gasteiger partial charge is 0.496 e. The first kappa shape index (κ1) is 15.9. The first-order chi connectivity index (χ1) is 9.86. The lowest BCUT2D eigenvalue weighted by atomic mass is 9.98. The Kier molecular flexibility index (Phi) is 4.08. The summed E-state index contributed by atoms with van der Waals surface area (Å²) in [6.07, 6.45) is 0.452. The van der Waals surface area contributed by atoms with Crippen LogP contribution in [0, 0.1) is 6.92 Å². The summed E-state index contributed by atoms with van der Waals surface area (Å²) >= 11 is 5.64. The van der Waals surface area contributed by atoms with Crippen LogP contribution in [0.3, 0.4) is 0 Å². The predicted molar refractivity (Wildman–Crippen MR) is 77.7 cm³/mol. The number of methoxy groups -OCH3 is 2. The lowest BCUT2D eigenvalue weighted by Crippen LogP contribution is -2.28. The van der Waals surface area contributed by atoms with Gasteiger partial charge in [0.05, 0.1) is 19.8 Å². The number of sulfonamides is 1. The third-order valence-electron chi connectivity index (χ3n) is 3.55. The van der Waals surface area contributed by atoms with E-state index in [4.69, 9.17) is 21.1 Å². The Morgan fingerprint density at radius 2 is 1.76 bits per heavy atom. The molecule has 2 rings (SSSR count). The maximum Gasteiger partial charge on any atom is 0.272 e. The van der Waals surface area contributed by atoms with Crippen LogP contribution < -0.4 is 9.47 Å². The van der Waals surface area contributed by atoms with Crippen molar-refractivity contribution in [2.75, 3.05) is 20.2 Å². The van der Waals surface area contributed by atoms with E-state index < -0.39 is 21.9 Å². The van der Waals surface area contributed by atoms with E-state index in [-0.39, 0.29) is 16.2 Å². The van der Waals surface area contributed by atoms with E-state index in [2.05, 4.69) is 0 Å². The maximum atomic E-state index is 12.5. The topological polar surface area (TPSA) is 72.9 Å². The van der Waals surface area contributed by atoms with Crippen LogP contribution in [0.4, 0.5) is 0 Å².